The lowest BCUT2D eigenvalue weighted by atomic mass is 10.1. The number of hydrogen-bond donors (Lipinski definition) is 2. The highest BCUT2D eigenvalue weighted by molar-refractivity contribution is 6.33. The van der Waals surface area contributed by atoms with Gasteiger partial charge in [0.1, 0.15) is 11.5 Å². The third-order valence-electron chi connectivity index (χ3n) is 2.73. The molecule has 0 saturated heterocycles. The van der Waals surface area contributed by atoms with Gasteiger partial charge in [0.25, 0.3) is 5.91 Å². The van der Waals surface area contributed by atoms with Crippen LogP contribution >= 0.6 is 11.6 Å². The summed E-state index contributed by atoms with van der Waals surface area (Å²) in [5.74, 6) is -0.0735. The Morgan fingerprint density at radius 3 is 2.63 bits per heavy atom. The minimum absolute atomic E-state index is 0.131. The number of anilines is 1. The first-order valence-corrected chi connectivity index (χ1v) is 6.23. The molecule has 0 radical (unpaired) electrons. The molecular weight excluding hydrogens is 262 g/mol. The second-order valence-corrected chi connectivity index (χ2v) is 4.58. The van der Waals surface area contributed by atoms with Gasteiger partial charge in [0, 0.05) is 0 Å². The number of amides is 1. The largest absolute Gasteiger partial charge is 0.384 e. The summed E-state index contributed by atoms with van der Waals surface area (Å²) in [7, 11) is 0. The quantitative estimate of drug-likeness (QED) is 0.905. The summed E-state index contributed by atoms with van der Waals surface area (Å²) in [5.41, 5.74) is 6.71. The summed E-state index contributed by atoms with van der Waals surface area (Å²) < 4.78 is 0. The van der Waals surface area contributed by atoms with Gasteiger partial charge in [-0.3, -0.25) is 4.79 Å². The Morgan fingerprint density at radius 2 is 1.95 bits per heavy atom. The monoisotopic (exact) mass is 275 g/mol. The molecule has 2 rings (SSSR count). The number of nitrogens with two attached hydrogens (primary N) is 1. The summed E-state index contributed by atoms with van der Waals surface area (Å²) in [4.78, 5) is 16.0. The highest BCUT2D eigenvalue weighted by Crippen LogP contribution is 2.17. The van der Waals surface area contributed by atoms with Crippen LogP contribution < -0.4 is 11.1 Å². The van der Waals surface area contributed by atoms with Crippen LogP contribution in [0.3, 0.4) is 0 Å². The average molecular weight is 276 g/mol. The molecule has 1 amide bonds. The van der Waals surface area contributed by atoms with Crippen molar-refractivity contribution in [3.05, 3.63) is 58.7 Å². The number of pyridine rings is 1. The Hall–Kier alpha value is -2.07. The van der Waals surface area contributed by atoms with Crippen LogP contribution in [0.1, 0.15) is 29.0 Å². The predicted octanol–water partition coefficient (Wildman–Crippen LogP) is 2.81. The molecule has 0 spiro atoms. The van der Waals surface area contributed by atoms with Gasteiger partial charge in [-0.15, -0.1) is 0 Å². The van der Waals surface area contributed by atoms with E-state index in [1.165, 1.54) is 0 Å². The number of carbonyl (C=O) groups is 1. The minimum atomic E-state index is -0.339. The second-order valence-electron chi connectivity index (χ2n) is 4.17. The third kappa shape index (κ3) is 3.23. The molecule has 1 aromatic carbocycles. The molecule has 4 nitrogen and oxygen atoms in total. The first kappa shape index (κ1) is 13.4. The summed E-state index contributed by atoms with van der Waals surface area (Å²) in [5, 5.41) is 3.12. The smallest absolute Gasteiger partial charge is 0.271 e. The molecule has 1 aromatic heterocycles. The van der Waals surface area contributed by atoms with E-state index in [9.17, 15) is 4.79 Å². The zero-order chi connectivity index (χ0) is 13.8. The summed E-state index contributed by atoms with van der Waals surface area (Å²) in [6.45, 7) is 1.90. The number of halogens is 1. The topological polar surface area (TPSA) is 68.0 Å². The van der Waals surface area contributed by atoms with Crippen molar-refractivity contribution in [2.24, 2.45) is 0 Å². The van der Waals surface area contributed by atoms with Crippen molar-refractivity contribution >= 4 is 23.3 Å². The van der Waals surface area contributed by atoms with Crippen molar-refractivity contribution in [3.63, 3.8) is 0 Å². The number of nitrogen functional groups attached to an aromatic ring is 1. The molecule has 5 heteroatoms. The Labute approximate surface area is 116 Å². The molecule has 1 unspecified atom stereocenters. The minimum Gasteiger partial charge on any atom is -0.384 e. The zero-order valence-electron chi connectivity index (χ0n) is 10.4. The Bertz CT molecular complexity index is 586. The van der Waals surface area contributed by atoms with Gasteiger partial charge in [0.2, 0.25) is 0 Å². The SMILES string of the molecule is CC(NC(=O)c1nc(N)ccc1Cl)c1ccccc1. The van der Waals surface area contributed by atoms with Gasteiger partial charge in [0.15, 0.2) is 0 Å². The molecule has 0 aliphatic rings. The van der Waals surface area contributed by atoms with Crippen LogP contribution in [-0.2, 0) is 0 Å². The van der Waals surface area contributed by atoms with E-state index in [1.807, 2.05) is 37.3 Å². The van der Waals surface area contributed by atoms with Crippen molar-refractivity contribution in [1.82, 2.24) is 10.3 Å². The van der Waals surface area contributed by atoms with Crippen LogP contribution in [0.2, 0.25) is 5.02 Å². The maximum Gasteiger partial charge on any atom is 0.271 e. The lowest BCUT2D eigenvalue weighted by Crippen LogP contribution is -2.27. The van der Waals surface area contributed by atoms with Gasteiger partial charge in [-0.25, -0.2) is 4.98 Å². The Morgan fingerprint density at radius 1 is 1.26 bits per heavy atom. The molecule has 0 bridgehead atoms. The Balaban J connectivity index is 2.15. The van der Waals surface area contributed by atoms with E-state index in [0.29, 0.717) is 0 Å². The fourth-order valence-corrected chi connectivity index (χ4v) is 1.90. The normalized spacial score (nSPS) is 11.9. The Kier molecular flexibility index (Phi) is 4.02. The van der Waals surface area contributed by atoms with E-state index in [2.05, 4.69) is 10.3 Å². The van der Waals surface area contributed by atoms with Crippen LogP contribution in [0.25, 0.3) is 0 Å². The van der Waals surface area contributed by atoms with Crippen molar-refractivity contribution in [2.45, 2.75) is 13.0 Å². The molecule has 0 aliphatic heterocycles. The van der Waals surface area contributed by atoms with Gasteiger partial charge in [-0.2, -0.15) is 0 Å². The van der Waals surface area contributed by atoms with Gasteiger partial charge >= 0.3 is 0 Å². The molecular formula is C14H14ClN3O. The molecule has 19 heavy (non-hydrogen) atoms. The summed E-state index contributed by atoms with van der Waals surface area (Å²) >= 11 is 5.94. The average Bonchev–Trinajstić information content (AvgIpc) is 2.42. The second kappa shape index (κ2) is 5.71. The fraction of sp³-hybridized carbons (Fsp3) is 0.143. The third-order valence-corrected chi connectivity index (χ3v) is 3.03. The number of nitrogens with zero attached hydrogens (tertiary/aromatic N) is 1. The molecule has 1 atom stereocenters. The van der Waals surface area contributed by atoms with E-state index >= 15 is 0 Å². The van der Waals surface area contributed by atoms with Crippen LogP contribution in [0.5, 0.6) is 0 Å². The first-order chi connectivity index (χ1) is 9.08. The molecule has 2 aromatic rings. The highest BCUT2D eigenvalue weighted by Gasteiger charge is 2.15. The van der Waals surface area contributed by atoms with Gasteiger partial charge in [-0.1, -0.05) is 41.9 Å². The molecule has 0 saturated carbocycles. The lowest BCUT2D eigenvalue weighted by Gasteiger charge is -2.14. The van der Waals surface area contributed by atoms with E-state index in [4.69, 9.17) is 17.3 Å². The summed E-state index contributed by atoms with van der Waals surface area (Å²) in [6, 6.07) is 12.6. The van der Waals surface area contributed by atoms with Crippen LogP contribution in [-0.4, -0.2) is 10.9 Å². The van der Waals surface area contributed by atoms with E-state index in [1.54, 1.807) is 12.1 Å². The fourth-order valence-electron chi connectivity index (χ4n) is 1.71. The van der Waals surface area contributed by atoms with E-state index in [-0.39, 0.29) is 28.5 Å². The van der Waals surface area contributed by atoms with Crippen LogP contribution in [0.4, 0.5) is 5.82 Å². The van der Waals surface area contributed by atoms with Crippen molar-refractivity contribution in [2.75, 3.05) is 5.73 Å². The van der Waals surface area contributed by atoms with Gasteiger partial charge < -0.3 is 11.1 Å². The number of aromatic nitrogens is 1. The summed E-state index contributed by atoms with van der Waals surface area (Å²) in [6.07, 6.45) is 0. The van der Waals surface area contributed by atoms with Crippen molar-refractivity contribution < 1.29 is 4.79 Å². The molecule has 98 valence electrons. The molecule has 3 N–H and O–H groups in total. The number of rotatable bonds is 3. The first-order valence-electron chi connectivity index (χ1n) is 5.86. The number of carbonyl (C=O) groups excluding carboxylic acids is 1. The number of nitrogens with one attached hydrogen (secondary N) is 1. The maximum atomic E-state index is 12.1. The number of benzene rings is 1. The van der Waals surface area contributed by atoms with E-state index in [0.717, 1.165) is 5.56 Å². The van der Waals surface area contributed by atoms with Crippen LogP contribution in [0.15, 0.2) is 42.5 Å². The number of hydrogen-bond acceptors (Lipinski definition) is 3. The highest BCUT2D eigenvalue weighted by atomic mass is 35.5. The maximum absolute atomic E-state index is 12.1. The van der Waals surface area contributed by atoms with E-state index < -0.39 is 0 Å². The molecule has 1 heterocycles. The van der Waals surface area contributed by atoms with Gasteiger partial charge in [-0.05, 0) is 24.6 Å². The zero-order valence-corrected chi connectivity index (χ0v) is 11.2. The van der Waals surface area contributed by atoms with Gasteiger partial charge in [0.05, 0.1) is 11.1 Å². The predicted molar refractivity (Wildman–Crippen MR) is 76.0 cm³/mol. The molecule has 0 fully saturated rings. The molecule has 0 aliphatic carbocycles. The lowest BCUT2D eigenvalue weighted by molar-refractivity contribution is 0.0935. The standard InChI is InChI=1S/C14H14ClN3O/c1-9(10-5-3-2-4-6-10)17-14(19)13-11(15)7-8-12(16)18-13/h2-9H,1H3,(H2,16,18)(H,17,19). The van der Waals surface area contributed by atoms with Crippen molar-refractivity contribution in [3.8, 4) is 0 Å². The van der Waals surface area contributed by atoms with Crippen molar-refractivity contribution in [1.29, 1.82) is 0 Å². The van der Waals surface area contributed by atoms with Crippen LogP contribution in [0, 0.1) is 0 Å².